The summed E-state index contributed by atoms with van der Waals surface area (Å²) in [6.07, 6.45) is 0.341. The predicted octanol–water partition coefficient (Wildman–Crippen LogP) is 4.41. The molecule has 0 aromatic heterocycles. The minimum atomic E-state index is -1.56. The Morgan fingerprint density at radius 1 is 0.903 bits per heavy atom. The van der Waals surface area contributed by atoms with Gasteiger partial charge in [-0.25, -0.2) is 0 Å². The van der Waals surface area contributed by atoms with Crippen LogP contribution >= 0.6 is 0 Å². The molecule has 1 saturated heterocycles. The smallest absolute Gasteiger partial charge is 0.312 e. The molecule has 2 unspecified atom stereocenters. The van der Waals surface area contributed by atoms with E-state index in [1.54, 1.807) is 0 Å². The van der Waals surface area contributed by atoms with Crippen LogP contribution in [0.5, 0.6) is 0 Å². The van der Waals surface area contributed by atoms with Gasteiger partial charge in [0.1, 0.15) is 0 Å². The molecule has 4 rings (SSSR count). The Kier molecular flexibility index (Phi) is 6.40. The van der Waals surface area contributed by atoms with Gasteiger partial charge in [0, 0.05) is 0 Å². The molecule has 1 radical (unpaired) electrons. The third-order valence-corrected chi connectivity index (χ3v) is 7.94. The van der Waals surface area contributed by atoms with Crippen molar-refractivity contribution in [2.24, 2.45) is 5.92 Å². The molecule has 4 heteroatoms. The van der Waals surface area contributed by atoms with Crippen LogP contribution in [0.4, 0.5) is 0 Å². The largest absolute Gasteiger partial charge is 0.465 e. The monoisotopic (exact) mass is 429 g/mol. The fourth-order valence-electron chi connectivity index (χ4n) is 3.96. The van der Waals surface area contributed by atoms with Crippen molar-refractivity contribution in [2.45, 2.75) is 38.7 Å². The lowest BCUT2D eigenvalue weighted by molar-refractivity contribution is -0.143. The molecule has 3 aromatic rings. The molecule has 31 heavy (non-hydrogen) atoms. The molecule has 0 saturated carbocycles. The zero-order valence-electron chi connectivity index (χ0n) is 18.4. The first-order valence-electron chi connectivity index (χ1n) is 10.8. The SMILES string of the molecule is CC(C)(C)c1cccc(C(O[Si](c2ccccc2)c2ccccc2)C2CCOC2=O)c1. The molecule has 1 aliphatic heterocycles. The van der Waals surface area contributed by atoms with Crippen molar-refractivity contribution in [3.05, 3.63) is 96.1 Å². The van der Waals surface area contributed by atoms with Gasteiger partial charge in [-0.3, -0.25) is 4.79 Å². The molecular weight excluding hydrogens is 400 g/mol. The Morgan fingerprint density at radius 2 is 1.52 bits per heavy atom. The summed E-state index contributed by atoms with van der Waals surface area (Å²) in [5.74, 6) is -0.448. The maximum absolute atomic E-state index is 12.6. The Balaban J connectivity index is 1.77. The first-order chi connectivity index (χ1) is 14.9. The summed E-state index contributed by atoms with van der Waals surface area (Å²) in [6.45, 7) is 7.07. The molecule has 0 amide bonds. The summed E-state index contributed by atoms with van der Waals surface area (Å²) in [5, 5.41) is 2.34. The second-order valence-electron chi connectivity index (χ2n) is 9.04. The molecule has 0 spiro atoms. The van der Waals surface area contributed by atoms with Gasteiger partial charge in [0.05, 0.1) is 18.6 Å². The first kappa shape index (κ1) is 21.5. The fourth-order valence-corrected chi connectivity index (χ4v) is 6.11. The van der Waals surface area contributed by atoms with Crippen molar-refractivity contribution in [3.8, 4) is 0 Å². The molecule has 2 atom stereocenters. The Bertz CT molecular complexity index is 972. The minimum absolute atomic E-state index is 0.0172. The Labute approximate surface area is 186 Å². The number of hydrogen-bond donors (Lipinski definition) is 0. The molecule has 0 bridgehead atoms. The van der Waals surface area contributed by atoms with Gasteiger partial charge in [-0.05, 0) is 33.3 Å². The predicted molar refractivity (Wildman–Crippen MR) is 126 cm³/mol. The lowest BCUT2D eigenvalue weighted by atomic mass is 9.84. The van der Waals surface area contributed by atoms with Gasteiger partial charge in [0.25, 0.3) is 9.04 Å². The van der Waals surface area contributed by atoms with Crippen LogP contribution < -0.4 is 10.4 Å². The van der Waals surface area contributed by atoms with Crippen LogP contribution in [-0.4, -0.2) is 21.6 Å². The first-order valence-corrected chi connectivity index (χ1v) is 12.3. The van der Waals surface area contributed by atoms with Crippen LogP contribution in [0.2, 0.25) is 0 Å². The average molecular weight is 430 g/mol. The van der Waals surface area contributed by atoms with Crippen molar-refractivity contribution < 1.29 is 14.0 Å². The molecule has 3 aromatic carbocycles. The molecule has 3 nitrogen and oxygen atoms in total. The normalized spacial score (nSPS) is 17.5. The van der Waals surface area contributed by atoms with Gasteiger partial charge in [-0.15, -0.1) is 0 Å². The van der Waals surface area contributed by atoms with Crippen molar-refractivity contribution >= 4 is 25.4 Å². The van der Waals surface area contributed by atoms with E-state index in [-0.39, 0.29) is 23.4 Å². The van der Waals surface area contributed by atoms with Gasteiger partial charge < -0.3 is 9.16 Å². The van der Waals surface area contributed by atoms with E-state index in [0.29, 0.717) is 13.0 Å². The highest BCUT2D eigenvalue weighted by atomic mass is 28.3. The molecule has 159 valence electrons. The average Bonchev–Trinajstić information content (AvgIpc) is 3.21. The van der Waals surface area contributed by atoms with Crippen LogP contribution in [0, 0.1) is 5.92 Å². The van der Waals surface area contributed by atoms with E-state index in [1.807, 2.05) is 36.4 Å². The number of cyclic esters (lactones) is 1. The number of carbonyl (C=O) groups excluding carboxylic acids is 1. The molecule has 0 N–H and O–H groups in total. The van der Waals surface area contributed by atoms with Crippen LogP contribution in [0.1, 0.15) is 44.4 Å². The third kappa shape index (κ3) is 4.97. The van der Waals surface area contributed by atoms with E-state index in [0.717, 1.165) is 5.56 Å². The van der Waals surface area contributed by atoms with E-state index in [1.165, 1.54) is 15.9 Å². The highest BCUT2D eigenvalue weighted by Crippen LogP contribution is 2.35. The number of ether oxygens (including phenoxy) is 1. The van der Waals surface area contributed by atoms with E-state index < -0.39 is 9.04 Å². The highest BCUT2D eigenvalue weighted by molar-refractivity contribution is 6.80. The topological polar surface area (TPSA) is 35.5 Å². The summed E-state index contributed by atoms with van der Waals surface area (Å²) in [6, 6.07) is 29.2. The summed E-state index contributed by atoms with van der Waals surface area (Å²) >= 11 is 0. The summed E-state index contributed by atoms with van der Waals surface area (Å²) in [5.41, 5.74) is 2.30. The Hall–Kier alpha value is -2.69. The summed E-state index contributed by atoms with van der Waals surface area (Å²) in [4.78, 5) is 12.6. The van der Waals surface area contributed by atoms with Crippen LogP contribution in [-0.2, 0) is 19.4 Å². The van der Waals surface area contributed by atoms with Crippen LogP contribution in [0.3, 0.4) is 0 Å². The third-order valence-electron chi connectivity index (χ3n) is 5.74. The van der Waals surface area contributed by atoms with Crippen molar-refractivity contribution in [1.82, 2.24) is 0 Å². The van der Waals surface area contributed by atoms with Crippen molar-refractivity contribution in [2.75, 3.05) is 6.61 Å². The van der Waals surface area contributed by atoms with Gasteiger partial charge in [-0.1, -0.05) is 106 Å². The molecule has 1 aliphatic rings. The molecule has 0 aliphatic carbocycles. The van der Waals surface area contributed by atoms with E-state index in [4.69, 9.17) is 9.16 Å². The maximum atomic E-state index is 12.6. The number of esters is 1. The maximum Gasteiger partial charge on any atom is 0.312 e. The highest BCUT2D eigenvalue weighted by Gasteiger charge is 2.38. The summed E-state index contributed by atoms with van der Waals surface area (Å²) < 4.78 is 12.3. The summed E-state index contributed by atoms with van der Waals surface area (Å²) in [7, 11) is -1.56. The lowest BCUT2D eigenvalue weighted by Gasteiger charge is -2.29. The second kappa shape index (κ2) is 9.21. The number of carbonyl (C=O) groups is 1. The number of benzene rings is 3. The van der Waals surface area contributed by atoms with Gasteiger partial charge in [0.2, 0.25) is 0 Å². The van der Waals surface area contributed by atoms with Gasteiger partial charge in [-0.2, -0.15) is 0 Å². The molecular formula is C27H29O3Si. The van der Waals surface area contributed by atoms with Crippen molar-refractivity contribution in [1.29, 1.82) is 0 Å². The molecule has 1 fully saturated rings. The fraction of sp³-hybridized carbons (Fsp3) is 0.296. The Morgan fingerprint density at radius 3 is 2.03 bits per heavy atom. The zero-order valence-corrected chi connectivity index (χ0v) is 19.4. The van der Waals surface area contributed by atoms with E-state index >= 15 is 0 Å². The van der Waals surface area contributed by atoms with Crippen LogP contribution in [0.25, 0.3) is 0 Å². The lowest BCUT2D eigenvalue weighted by Crippen LogP contribution is -2.46. The molecule has 1 heterocycles. The number of rotatable bonds is 6. The van der Waals surface area contributed by atoms with E-state index in [2.05, 4.69) is 69.3 Å². The second-order valence-corrected chi connectivity index (χ2v) is 11.1. The van der Waals surface area contributed by atoms with Gasteiger partial charge in [0.15, 0.2) is 0 Å². The van der Waals surface area contributed by atoms with Crippen LogP contribution in [0.15, 0.2) is 84.9 Å². The van der Waals surface area contributed by atoms with E-state index in [9.17, 15) is 4.79 Å². The standard InChI is InChI=1S/C27H29O3Si/c1-27(2,3)21-12-10-11-20(19-21)25(24-17-18-29-26(24)28)30-31(22-13-6-4-7-14-22)23-15-8-5-9-16-23/h4-16,19,24-25H,17-18H2,1-3H3. The number of hydrogen-bond acceptors (Lipinski definition) is 3. The van der Waals surface area contributed by atoms with Crippen molar-refractivity contribution in [3.63, 3.8) is 0 Å². The van der Waals surface area contributed by atoms with Gasteiger partial charge >= 0.3 is 5.97 Å². The zero-order chi connectivity index (χ0) is 21.8. The minimum Gasteiger partial charge on any atom is -0.465 e. The quantitative estimate of drug-likeness (QED) is 0.430.